The largest absolute Gasteiger partial charge is 0.359 e. The Morgan fingerprint density at radius 1 is 1.00 bits per heavy atom. The molecule has 7 nitrogen and oxygen atoms in total. The van der Waals surface area contributed by atoms with E-state index in [1.807, 2.05) is 73.7 Å². The fourth-order valence-corrected chi connectivity index (χ4v) is 6.75. The fraction of sp³-hybridized carbons (Fsp3) is 0.433. The van der Waals surface area contributed by atoms with Crippen LogP contribution in [0.2, 0.25) is 0 Å². The highest BCUT2D eigenvalue weighted by atomic mass is 16.5. The number of carbonyl (C=O) groups is 3. The highest BCUT2D eigenvalue weighted by molar-refractivity contribution is 6.11. The number of hydrogen-bond donors (Lipinski definition) is 2. The van der Waals surface area contributed by atoms with Gasteiger partial charge in [0.05, 0.1) is 17.9 Å². The molecule has 0 radical (unpaired) electrons. The number of fused-ring (bicyclic) bond motifs is 1. The average Bonchev–Trinajstić information content (AvgIpc) is 3.57. The molecule has 3 aliphatic heterocycles. The molecule has 192 valence electrons. The molecule has 2 N–H and O–H groups in total. The van der Waals surface area contributed by atoms with Gasteiger partial charge in [0.1, 0.15) is 11.6 Å². The smallest absolute Gasteiger partial charge is 0.246 e. The van der Waals surface area contributed by atoms with E-state index in [4.69, 9.17) is 4.74 Å². The minimum absolute atomic E-state index is 0.0924. The first kappa shape index (κ1) is 23.9. The van der Waals surface area contributed by atoms with E-state index >= 15 is 0 Å². The fourth-order valence-electron chi connectivity index (χ4n) is 6.75. The lowest BCUT2D eigenvalue weighted by Crippen LogP contribution is -2.56. The molecule has 3 heterocycles. The predicted octanol–water partition coefficient (Wildman–Crippen LogP) is 3.99. The summed E-state index contributed by atoms with van der Waals surface area (Å²) in [4.78, 5) is 43.5. The second-order valence-electron chi connectivity index (χ2n) is 10.6. The molecule has 0 unspecified atom stereocenters. The van der Waals surface area contributed by atoms with E-state index in [9.17, 15) is 14.4 Å². The van der Waals surface area contributed by atoms with Crippen LogP contribution in [0.15, 0.2) is 66.7 Å². The Bertz CT molecular complexity index is 1240. The van der Waals surface area contributed by atoms with Crippen molar-refractivity contribution < 1.29 is 19.1 Å². The number of anilines is 2. The quantitative estimate of drug-likeness (QED) is 0.589. The van der Waals surface area contributed by atoms with E-state index in [0.717, 1.165) is 31.2 Å². The molecule has 1 saturated carbocycles. The normalized spacial score (nSPS) is 30.4. The van der Waals surface area contributed by atoms with Crippen LogP contribution in [-0.4, -0.2) is 41.5 Å². The lowest BCUT2D eigenvalue weighted by atomic mass is 9.74. The van der Waals surface area contributed by atoms with E-state index in [1.54, 1.807) is 4.90 Å². The summed E-state index contributed by atoms with van der Waals surface area (Å²) in [5, 5.41) is 6.21. The van der Waals surface area contributed by atoms with E-state index in [1.165, 1.54) is 6.42 Å². The van der Waals surface area contributed by atoms with E-state index in [0.29, 0.717) is 17.8 Å². The number of aryl methyl sites for hydroxylation is 1. The Kier molecular flexibility index (Phi) is 6.11. The first-order chi connectivity index (χ1) is 18.0. The Balaban J connectivity index is 1.39. The van der Waals surface area contributed by atoms with Crippen molar-refractivity contribution in [2.45, 2.75) is 69.2 Å². The van der Waals surface area contributed by atoms with Crippen molar-refractivity contribution in [3.8, 4) is 0 Å². The molecule has 4 aliphatic rings. The first-order valence-corrected chi connectivity index (χ1v) is 13.5. The van der Waals surface area contributed by atoms with E-state index in [-0.39, 0.29) is 23.8 Å². The number of amides is 3. The zero-order valence-corrected chi connectivity index (χ0v) is 21.1. The van der Waals surface area contributed by atoms with Crippen molar-refractivity contribution >= 4 is 29.1 Å². The minimum atomic E-state index is -1.18. The van der Waals surface area contributed by atoms with Crippen molar-refractivity contribution in [3.63, 3.8) is 0 Å². The summed E-state index contributed by atoms with van der Waals surface area (Å²) in [6.45, 7) is 2.04. The predicted molar refractivity (Wildman–Crippen MR) is 141 cm³/mol. The molecule has 7 heteroatoms. The molecule has 2 bridgehead atoms. The lowest BCUT2D eigenvalue weighted by molar-refractivity contribution is -0.129. The van der Waals surface area contributed by atoms with Crippen LogP contribution in [0.25, 0.3) is 0 Å². The van der Waals surface area contributed by atoms with Gasteiger partial charge < -0.3 is 15.4 Å². The Morgan fingerprint density at radius 2 is 1.73 bits per heavy atom. The molecule has 6 rings (SSSR count). The molecule has 3 amide bonds. The van der Waals surface area contributed by atoms with Gasteiger partial charge in [-0.25, -0.2) is 0 Å². The van der Waals surface area contributed by atoms with E-state index < -0.39 is 29.6 Å². The Morgan fingerprint density at radius 3 is 2.49 bits per heavy atom. The molecular weight excluding hydrogens is 466 g/mol. The zero-order valence-electron chi connectivity index (χ0n) is 21.1. The molecule has 3 fully saturated rings. The number of nitrogens with one attached hydrogen (secondary N) is 2. The second kappa shape index (κ2) is 9.45. The standard InChI is InChI=1S/C30H33N3O4/c1-2-19-11-9-10-16-22(19)33-26(28(35)32-21-14-7-4-8-15-21)30-18-17-23(37-30)24(25(30)29(33)36)27(34)31-20-12-5-3-6-13-20/h3,5-6,9-13,16-18,21,23-26H,2,4,7-8,14-15H2,1H3,(H,31,34)(H,32,35)/t23-,24+,25+,26-,30+/m1/s1. The van der Waals surface area contributed by atoms with Crippen LogP contribution >= 0.6 is 0 Å². The van der Waals surface area contributed by atoms with Crippen molar-refractivity contribution in [2.24, 2.45) is 11.8 Å². The Hall–Kier alpha value is -3.45. The molecule has 1 spiro atoms. The molecule has 5 atom stereocenters. The SMILES string of the molecule is CCc1ccccc1N1C(=O)[C@@H]2[C@@H](C(=O)Nc3ccccc3)[C@H]3C=C[C@@]2(O3)[C@H]1C(=O)NC1CCCCC1. The van der Waals surface area contributed by atoms with Gasteiger partial charge in [0.25, 0.3) is 0 Å². The number of para-hydroxylation sites is 2. The summed E-state index contributed by atoms with van der Waals surface area (Å²) < 4.78 is 6.48. The van der Waals surface area contributed by atoms with Gasteiger partial charge in [-0.3, -0.25) is 19.3 Å². The van der Waals surface area contributed by atoms with Gasteiger partial charge in [0.2, 0.25) is 17.7 Å². The number of ether oxygens (including phenoxy) is 1. The third-order valence-corrected chi connectivity index (χ3v) is 8.45. The second-order valence-corrected chi connectivity index (χ2v) is 10.6. The topological polar surface area (TPSA) is 87.7 Å². The maximum absolute atomic E-state index is 14.3. The van der Waals surface area contributed by atoms with Crippen LogP contribution in [0.4, 0.5) is 11.4 Å². The number of nitrogens with zero attached hydrogens (tertiary/aromatic N) is 1. The van der Waals surface area contributed by atoms with Crippen LogP contribution in [0.3, 0.4) is 0 Å². The summed E-state index contributed by atoms with van der Waals surface area (Å²) in [7, 11) is 0. The maximum atomic E-state index is 14.3. The van der Waals surface area contributed by atoms with Crippen LogP contribution in [0.1, 0.15) is 44.6 Å². The van der Waals surface area contributed by atoms with Crippen molar-refractivity contribution in [2.75, 3.05) is 10.2 Å². The first-order valence-electron chi connectivity index (χ1n) is 13.5. The van der Waals surface area contributed by atoms with Gasteiger partial charge in [0.15, 0.2) is 0 Å². The molecule has 2 aromatic rings. The number of carbonyl (C=O) groups excluding carboxylic acids is 3. The molecular formula is C30H33N3O4. The monoisotopic (exact) mass is 499 g/mol. The van der Waals surface area contributed by atoms with Crippen LogP contribution < -0.4 is 15.5 Å². The van der Waals surface area contributed by atoms with Gasteiger partial charge in [-0.1, -0.05) is 74.7 Å². The van der Waals surface area contributed by atoms with Crippen LogP contribution in [0, 0.1) is 11.8 Å². The zero-order chi connectivity index (χ0) is 25.6. The third kappa shape index (κ3) is 3.87. The molecule has 37 heavy (non-hydrogen) atoms. The summed E-state index contributed by atoms with van der Waals surface area (Å²) >= 11 is 0. The average molecular weight is 500 g/mol. The van der Waals surface area contributed by atoms with Gasteiger partial charge >= 0.3 is 0 Å². The van der Waals surface area contributed by atoms with Crippen LogP contribution in [0.5, 0.6) is 0 Å². The molecule has 0 aromatic heterocycles. The van der Waals surface area contributed by atoms with Crippen molar-refractivity contribution in [3.05, 3.63) is 72.3 Å². The van der Waals surface area contributed by atoms with Gasteiger partial charge in [-0.2, -0.15) is 0 Å². The van der Waals surface area contributed by atoms with Crippen molar-refractivity contribution in [1.29, 1.82) is 0 Å². The lowest BCUT2D eigenvalue weighted by Gasteiger charge is -2.34. The Labute approximate surface area is 217 Å². The summed E-state index contributed by atoms with van der Waals surface area (Å²) in [6.07, 6.45) is 9.13. The minimum Gasteiger partial charge on any atom is -0.359 e. The molecule has 1 aliphatic carbocycles. The highest BCUT2D eigenvalue weighted by Crippen LogP contribution is 2.56. The summed E-state index contributed by atoms with van der Waals surface area (Å²) in [6, 6.07) is 16.1. The summed E-state index contributed by atoms with van der Waals surface area (Å²) in [5.41, 5.74) is 1.18. The van der Waals surface area contributed by atoms with E-state index in [2.05, 4.69) is 10.6 Å². The number of rotatable bonds is 6. The highest BCUT2D eigenvalue weighted by Gasteiger charge is 2.73. The third-order valence-electron chi connectivity index (χ3n) is 8.45. The van der Waals surface area contributed by atoms with Gasteiger partial charge in [0, 0.05) is 17.4 Å². The van der Waals surface area contributed by atoms with Crippen LogP contribution in [-0.2, 0) is 25.5 Å². The molecule has 2 saturated heterocycles. The molecule has 2 aromatic carbocycles. The van der Waals surface area contributed by atoms with Gasteiger partial charge in [-0.15, -0.1) is 0 Å². The maximum Gasteiger partial charge on any atom is 0.246 e. The number of benzene rings is 2. The van der Waals surface area contributed by atoms with Crippen molar-refractivity contribution in [1.82, 2.24) is 5.32 Å². The van der Waals surface area contributed by atoms with Gasteiger partial charge in [-0.05, 0) is 43.0 Å². The number of hydrogen-bond acceptors (Lipinski definition) is 4. The summed E-state index contributed by atoms with van der Waals surface area (Å²) in [5.74, 6) is -2.20.